The van der Waals surface area contributed by atoms with Crippen molar-refractivity contribution >= 4 is 5.91 Å². The normalized spacial score (nSPS) is 16.9. The molecule has 5 nitrogen and oxygen atoms in total. The highest BCUT2D eigenvalue weighted by atomic mass is 16.5. The maximum atomic E-state index is 11.4. The van der Waals surface area contributed by atoms with E-state index in [9.17, 15) is 4.79 Å². The average molecular weight is 250 g/mol. The fourth-order valence-electron chi connectivity index (χ4n) is 1.77. The molecule has 1 amide bonds. The zero-order valence-corrected chi connectivity index (χ0v) is 10.4. The van der Waals surface area contributed by atoms with Crippen LogP contribution in [0.3, 0.4) is 0 Å². The number of ether oxygens (including phenoxy) is 2. The predicted octanol–water partition coefficient (Wildman–Crippen LogP) is 0.984. The van der Waals surface area contributed by atoms with Crippen molar-refractivity contribution in [3.63, 3.8) is 0 Å². The minimum Gasteiger partial charge on any atom is -0.491 e. The number of hydrogen-bond acceptors (Lipinski definition) is 4. The smallest absolute Gasteiger partial charge is 0.257 e. The molecule has 2 rings (SSSR count). The van der Waals surface area contributed by atoms with Crippen molar-refractivity contribution in [2.75, 3.05) is 19.8 Å². The second kappa shape index (κ2) is 5.73. The molecule has 1 unspecified atom stereocenters. The molecule has 98 valence electrons. The lowest BCUT2D eigenvalue weighted by molar-refractivity contribution is -0.123. The lowest BCUT2D eigenvalue weighted by Gasteiger charge is -2.08. The monoisotopic (exact) mass is 250 g/mol. The maximum Gasteiger partial charge on any atom is 0.257 e. The van der Waals surface area contributed by atoms with E-state index in [4.69, 9.17) is 15.2 Å². The molecule has 0 saturated carbocycles. The fourth-order valence-corrected chi connectivity index (χ4v) is 1.77. The molecule has 1 aliphatic heterocycles. The number of nitrogens with one attached hydrogen (secondary N) is 1. The molecule has 0 bridgehead atoms. The van der Waals surface area contributed by atoms with Crippen LogP contribution in [0.1, 0.15) is 24.9 Å². The number of hydrogen-bond donors (Lipinski definition) is 2. The van der Waals surface area contributed by atoms with Crippen LogP contribution >= 0.6 is 0 Å². The lowest BCUT2D eigenvalue weighted by Crippen LogP contribution is -2.29. The summed E-state index contributed by atoms with van der Waals surface area (Å²) < 4.78 is 10.8. The summed E-state index contributed by atoms with van der Waals surface area (Å²) in [5, 5.41) is 2.75. The number of rotatable bonds is 5. The molecule has 0 aliphatic carbocycles. The van der Waals surface area contributed by atoms with Gasteiger partial charge in [0.15, 0.2) is 6.61 Å². The van der Waals surface area contributed by atoms with Crippen molar-refractivity contribution in [1.82, 2.24) is 5.32 Å². The van der Waals surface area contributed by atoms with E-state index in [1.807, 2.05) is 13.0 Å². The maximum absolute atomic E-state index is 11.4. The highest BCUT2D eigenvalue weighted by Crippen LogP contribution is 2.33. The van der Waals surface area contributed by atoms with E-state index in [0.29, 0.717) is 18.9 Å². The van der Waals surface area contributed by atoms with Crippen LogP contribution in [0.2, 0.25) is 0 Å². The lowest BCUT2D eigenvalue weighted by atomic mass is 10.1. The molecular formula is C13H18N2O3. The summed E-state index contributed by atoms with van der Waals surface area (Å²) in [5.41, 5.74) is 6.83. The Kier molecular flexibility index (Phi) is 4.04. The van der Waals surface area contributed by atoms with E-state index in [0.717, 1.165) is 17.7 Å². The van der Waals surface area contributed by atoms with Crippen molar-refractivity contribution in [3.8, 4) is 11.5 Å². The molecule has 0 saturated heterocycles. The first kappa shape index (κ1) is 12.7. The highest BCUT2D eigenvalue weighted by Gasteiger charge is 2.20. The molecular weight excluding hydrogens is 232 g/mol. The number of benzene rings is 1. The van der Waals surface area contributed by atoms with Gasteiger partial charge in [0, 0.05) is 18.2 Å². The summed E-state index contributed by atoms with van der Waals surface area (Å²) in [4.78, 5) is 11.4. The van der Waals surface area contributed by atoms with Crippen LogP contribution in [0.5, 0.6) is 11.5 Å². The number of carbonyl (C=O) groups excluding carboxylic acids is 1. The van der Waals surface area contributed by atoms with Gasteiger partial charge >= 0.3 is 0 Å². The molecule has 0 fully saturated rings. The van der Waals surface area contributed by atoms with Crippen LogP contribution in [0, 0.1) is 0 Å². The molecule has 3 N–H and O–H groups in total. The standard InChI is InChI=1S/C13H18N2O3/c1-2-5-15-13(16)8-17-9-3-4-10-11(14)7-18-12(10)6-9/h3-4,6,11H,2,5,7-8,14H2,1H3,(H,15,16). The van der Waals surface area contributed by atoms with Crippen molar-refractivity contribution in [3.05, 3.63) is 23.8 Å². The van der Waals surface area contributed by atoms with E-state index in [1.54, 1.807) is 12.1 Å². The number of fused-ring (bicyclic) bond motifs is 1. The number of amides is 1. The van der Waals surface area contributed by atoms with E-state index < -0.39 is 0 Å². The molecule has 1 aliphatic rings. The Labute approximate surface area is 106 Å². The molecule has 1 atom stereocenters. The Balaban J connectivity index is 1.89. The van der Waals surface area contributed by atoms with Gasteiger partial charge in [0.2, 0.25) is 0 Å². The molecule has 18 heavy (non-hydrogen) atoms. The molecule has 1 heterocycles. The third-order valence-electron chi connectivity index (χ3n) is 2.74. The highest BCUT2D eigenvalue weighted by molar-refractivity contribution is 5.77. The Morgan fingerprint density at radius 1 is 1.61 bits per heavy atom. The van der Waals surface area contributed by atoms with Gasteiger partial charge < -0.3 is 20.5 Å². The van der Waals surface area contributed by atoms with Gasteiger partial charge in [0.25, 0.3) is 5.91 Å². The largest absolute Gasteiger partial charge is 0.491 e. The van der Waals surface area contributed by atoms with Gasteiger partial charge in [-0.05, 0) is 18.6 Å². The minimum atomic E-state index is -0.116. The van der Waals surface area contributed by atoms with Crippen LogP contribution in [0.4, 0.5) is 0 Å². The van der Waals surface area contributed by atoms with E-state index in [2.05, 4.69) is 5.32 Å². The second-order valence-corrected chi connectivity index (χ2v) is 4.26. The predicted molar refractivity (Wildman–Crippen MR) is 67.7 cm³/mol. The van der Waals surface area contributed by atoms with Gasteiger partial charge in [-0.25, -0.2) is 0 Å². The summed E-state index contributed by atoms with van der Waals surface area (Å²) in [6.45, 7) is 3.19. The van der Waals surface area contributed by atoms with Crippen LogP contribution in [0.15, 0.2) is 18.2 Å². The van der Waals surface area contributed by atoms with Crippen molar-refractivity contribution in [2.24, 2.45) is 5.73 Å². The van der Waals surface area contributed by atoms with E-state index >= 15 is 0 Å². The topological polar surface area (TPSA) is 73.6 Å². The van der Waals surface area contributed by atoms with Crippen LogP contribution in [-0.2, 0) is 4.79 Å². The average Bonchev–Trinajstić information content (AvgIpc) is 2.75. The molecule has 0 radical (unpaired) electrons. The van der Waals surface area contributed by atoms with E-state index in [1.165, 1.54) is 0 Å². The Hall–Kier alpha value is -1.75. The van der Waals surface area contributed by atoms with Gasteiger partial charge in [0.1, 0.15) is 18.1 Å². The first-order valence-electron chi connectivity index (χ1n) is 6.12. The molecule has 0 spiro atoms. The third-order valence-corrected chi connectivity index (χ3v) is 2.74. The molecule has 5 heteroatoms. The van der Waals surface area contributed by atoms with Crippen LogP contribution < -0.4 is 20.5 Å². The summed E-state index contributed by atoms with van der Waals surface area (Å²) >= 11 is 0. The Bertz CT molecular complexity index is 434. The van der Waals surface area contributed by atoms with Gasteiger partial charge in [0.05, 0.1) is 6.04 Å². The fraction of sp³-hybridized carbons (Fsp3) is 0.462. The van der Waals surface area contributed by atoms with Crippen molar-refractivity contribution < 1.29 is 14.3 Å². The third kappa shape index (κ3) is 2.92. The van der Waals surface area contributed by atoms with Crippen molar-refractivity contribution in [2.45, 2.75) is 19.4 Å². The second-order valence-electron chi connectivity index (χ2n) is 4.26. The SMILES string of the molecule is CCCNC(=O)COc1ccc2c(c1)OCC2N. The zero-order chi connectivity index (χ0) is 13.0. The summed E-state index contributed by atoms with van der Waals surface area (Å²) in [5.74, 6) is 1.25. The zero-order valence-electron chi connectivity index (χ0n) is 10.4. The van der Waals surface area contributed by atoms with E-state index in [-0.39, 0.29) is 18.6 Å². The molecule has 0 aromatic heterocycles. The first-order valence-corrected chi connectivity index (χ1v) is 6.12. The summed E-state index contributed by atoms with van der Waals surface area (Å²) in [7, 11) is 0. The quantitative estimate of drug-likeness (QED) is 0.817. The van der Waals surface area contributed by atoms with Gasteiger partial charge in [-0.3, -0.25) is 4.79 Å². The molecule has 1 aromatic carbocycles. The first-order chi connectivity index (χ1) is 8.70. The van der Waals surface area contributed by atoms with Crippen LogP contribution in [-0.4, -0.2) is 25.7 Å². The molecule has 1 aromatic rings. The number of carbonyl (C=O) groups is 1. The van der Waals surface area contributed by atoms with Gasteiger partial charge in [-0.1, -0.05) is 6.92 Å². The Morgan fingerprint density at radius 3 is 3.22 bits per heavy atom. The van der Waals surface area contributed by atoms with Gasteiger partial charge in [-0.15, -0.1) is 0 Å². The number of nitrogens with two attached hydrogens (primary N) is 1. The Morgan fingerprint density at radius 2 is 2.44 bits per heavy atom. The summed E-state index contributed by atoms with van der Waals surface area (Å²) in [6, 6.07) is 5.39. The minimum absolute atomic E-state index is 0.0187. The van der Waals surface area contributed by atoms with Crippen molar-refractivity contribution in [1.29, 1.82) is 0 Å². The van der Waals surface area contributed by atoms with Crippen LogP contribution in [0.25, 0.3) is 0 Å². The summed E-state index contributed by atoms with van der Waals surface area (Å²) in [6.07, 6.45) is 0.913. The van der Waals surface area contributed by atoms with Gasteiger partial charge in [-0.2, -0.15) is 0 Å².